The number of para-hydroxylation sites is 1. The summed E-state index contributed by atoms with van der Waals surface area (Å²) in [5.74, 6) is -0.227. The van der Waals surface area contributed by atoms with E-state index >= 15 is 0 Å². The highest BCUT2D eigenvalue weighted by Gasteiger charge is 2.26. The largest absolute Gasteiger partial charge is 0.494 e. The number of hydrogen-bond donors (Lipinski definition) is 1. The molecule has 0 spiro atoms. The van der Waals surface area contributed by atoms with Crippen molar-refractivity contribution in [2.75, 3.05) is 0 Å². The van der Waals surface area contributed by atoms with Crippen LogP contribution < -0.4 is 11.2 Å². The van der Waals surface area contributed by atoms with Gasteiger partial charge in [0.05, 0.1) is 5.69 Å². The molecule has 4 rings (SSSR count). The number of aromatic nitrogens is 2. The van der Waals surface area contributed by atoms with Gasteiger partial charge < -0.3 is 5.11 Å². The van der Waals surface area contributed by atoms with Gasteiger partial charge in [-0.25, -0.2) is 9.36 Å². The molecule has 0 radical (unpaired) electrons. The fraction of sp³-hybridized carbons (Fsp3) is 0.273. The summed E-state index contributed by atoms with van der Waals surface area (Å²) in [5.41, 5.74) is 0.311. The highest BCUT2D eigenvalue weighted by Crippen LogP contribution is 2.33. The van der Waals surface area contributed by atoms with Gasteiger partial charge in [0.15, 0.2) is 0 Å². The fourth-order valence-corrected chi connectivity index (χ4v) is 3.94. The summed E-state index contributed by atoms with van der Waals surface area (Å²) in [5, 5.41) is 11.0. The Balaban J connectivity index is 2.05. The molecule has 1 aliphatic rings. The lowest BCUT2D eigenvalue weighted by molar-refractivity contribution is 0.297. The van der Waals surface area contributed by atoms with Crippen LogP contribution in [0.4, 0.5) is 0 Å². The Labute approximate surface area is 157 Å². The summed E-state index contributed by atoms with van der Waals surface area (Å²) in [7, 11) is 0. The van der Waals surface area contributed by atoms with Crippen molar-refractivity contribution in [2.24, 2.45) is 0 Å². The first-order chi connectivity index (χ1) is 13.2. The molecule has 2 aromatic carbocycles. The summed E-state index contributed by atoms with van der Waals surface area (Å²) in [4.78, 5) is 26.5. The number of rotatable bonds is 3. The number of aromatic hydroxyl groups is 1. The second kappa shape index (κ2) is 7.27. The Kier molecular flexibility index (Phi) is 4.67. The van der Waals surface area contributed by atoms with E-state index < -0.39 is 11.2 Å². The first-order valence-electron chi connectivity index (χ1n) is 9.40. The van der Waals surface area contributed by atoms with Crippen molar-refractivity contribution < 1.29 is 5.11 Å². The Morgan fingerprint density at radius 1 is 0.815 bits per heavy atom. The predicted molar refractivity (Wildman–Crippen MR) is 106 cm³/mol. The van der Waals surface area contributed by atoms with Gasteiger partial charge in [-0.3, -0.25) is 9.36 Å². The molecule has 1 saturated carbocycles. The normalized spacial score (nSPS) is 15.0. The van der Waals surface area contributed by atoms with E-state index in [9.17, 15) is 14.7 Å². The summed E-state index contributed by atoms with van der Waals surface area (Å²) >= 11 is 0. The van der Waals surface area contributed by atoms with Crippen LogP contribution in [-0.4, -0.2) is 14.2 Å². The van der Waals surface area contributed by atoms with Gasteiger partial charge >= 0.3 is 5.69 Å². The molecule has 5 heteroatoms. The first-order valence-corrected chi connectivity index (χ1v) is 9.40. The van der Waals surface area contributed by atoms with Crippen LogP contribution >= 0.6 is 0 Å². The summed E-state index contributed by atoms with van der Waals surface area (Å²) in [6.07, 6.45) is 4.82. The zero-order valence-corrected chi connectivity index (χ0v) is 15.0. The molecule has 0 atom stereocenters. The molecule has 1 heterocycles. The van der Waals surface area contributed by atoms with Gasteiger partial charge in [-0.1, -0.05) is 67.8 Å². The molecule has 1 aromatic heterocycles. The molecule has 0 amide bonds. The van der Waals surface area contributed by atoms with Crippen molar-refractivity contribution in [1.29, 1.82) is 0 Å². The molecule has 1 N–H and O–H groups in total. The molecule has 0 saturated heterocycles. The minimum atomic E-state index is -0.498. The quantitative estimate of drug-likeness (QED) is 0.769. The Morgan fingerprint density at radius 3 is 2.04 bits per heavy atom. The van der Waals surface area contributed by atoms with Gasteiger partial charge in [0.2, 0.25) is 5.88 Å². The summed E-state index contributed by atoms with van der Waals surface area (Å²) < 4.78 is 2.60. The predicted octanol–water partition coefficient (Wildman–Crippen LogP) is 3.88. The van der Waals surface area contributed by atoms with E-state index in [1.54, 1.807) is 36.4 Å². The van der Waals surface area contributed by atoms with Crippen LogP contribution in [0, 0.1) is 0 Å². The van der Waals surface area contributed by atoms with E-state index in [1.165, 1.54) is 9.13 Å². The maximum Gasteiger partial charge on any atom is 0.338 e. The van der Waals surface area contributed by atoms with E-state index in [0.717, 1.165) is 32.1 Å². The standard InChI is InChI=1S/C22H22N2O3/c25-20-19(16-10-4-1-5-11-16)21(26)24(18-14-8-3-9-15-18)22(27)23(20)17-12-6-2-7-13-17/h1-2,4-7,10-13,18,26H,3,8-9,14-15H2. The van der Waals surface area contributed by atoms with Crippen LogP contribution in [0.3, 0.4) is 0 Å². The Hall–Kier alpha value is -3.08. The lowest BCUT2D eigenvalue weighted by Crippen LogP contribution is -2.41. The topological polar surface area (TPSA) is 64.2 Å². The average Bonchev–Trinajstić information content (AvgIpc) is 2.70. The van der Waals surface area contributed by atoms with Gasteiger partial charge in [-0.05, 0) is 30.5 Å². The highest BCUT2D eigenvalue weighted by molar-refractivity contribution is 5.67. The van der Waals surface area contributed by atoms with Crippen molar-refractivity contribution in [3.8, 4) is 22.7 Å². The van der Waals surface area contributed by atoms with Crippen molar-refractivity contribution >= 4 is 0 Å². The summed E-state index contributed by atoms with van der Waals surface area (Å²) in [6, 6.07) is 17.9. The van der Waals surface area contributed by atoms with Crippen LogP contribution in [0.1, 0.15) is 38.1 Å². The molecule has 3 aromatic rings. The van der Waals surface area contributed by atoms with E-state index in [0.29, 0.717) is 11.3 Å². The minimum Gasteiger partial charge on any atom is -0.494 e. The van der Waals surface area contributed by atoms with Crippen LogP contribution in [0.25, 0.3) is 16.8 Å². The van der Waals surface area contributed by atoms with Crippen LogP contribution in [0.15, 0.2) is 70.3 Å². The number of nitrogens with zero attached hydrogens (tertiary/aromatic N) is 2. The highest BCUT2D eigenvalue weighted by atomic mass is 16.3. The lowest BCUT2D eigenvalue weighted by atomic mass is 9.95. The van der Waals surface area contributed by atoms with Crippen molar-refractivity contribution in [3.63, 3.8) is 0 Å². The smallest absolute Gasteiger partial charge is 0.338 e. The first kappa shape index (κ1) is 17.3. The van der Waals surface area contributed by atoms with E-state index in [2.05, 4.69) is 0 Å². The maximum absolute atomic E-state index is 13.3. The molecule has 0 bridgehead atoms. The van der Waals surface area contributed by atoms with Crippen LogP contribution in [0.2, 0.25) is 0 Å². The molecule has 0 aliphatic heterocycles. The SMILES string of the molecule is O=c1c(-c2ccccc2)c(O)n(C2CCCCC2)c(=O)n1-c1ccccc1. The zero-order valence-electron chi connectivity index (χ0n) is 15.0. The third-order valence-electron chi connectivity index (χ3n) is 5.28. The minimum absolute atomic E-state index is 0.0933. The third kappa shape index (κ3) is 3.10. The van der Waals surface area contributed by atoms with Gasteiger partial charge in [0.25, 0.3) is 5.56 Å². The molecule has 5 nitrogen and oxygen atoms in total. The molecule has 1 fully saturated rings. The fourth-order valence-electron chi connectivity index (χ4n) is 3.94. The number of hydrogen-bond acceptors (Lipinski definition) is 3. The van der Waals surface area contributed by atoms with E-state index in [4.69, 9.17) is 0 Å². The second-order valence-corrected chi connectivity index (χ2v) is 6.99. The molecule has 0 unspecified atom stereocenters. The Morgan fingerprint density at radius 2 is 1.41 bits per heavy atom. The van der Waals surface area contributed by atoms with Crippen LogP contribution in [-0.2, 0) is 0 Å². The number of benzene rings is 2. The van der Waals surface area contributed by atoms with E-state index in [-0.39, 0.29) is 17.5 Å². The molecule has 27 heavy (non-hydrogen) atoms. The molecular formula is C22H22N2O3. The molecular weight excluding hydrogens is 340 g/mol. The molecule has 1 aliphatic carbocycles. The van der Waals surface area contributed by atoms with Crippen molar-refractivity contribution in [2.45, 2.75) is 38.1 Å². The lowest BCUT2D eigenvalue weighted by Gasteiger charge is -2.26. The van der Waals surface area contributed by atoms with Gasteiger partial charge in [0, 0.05) is 6.04 Å². The summed E-state index contributed by atoms with van der Waals surface area (Å²) in [6.45, 7) is 0. The van der Waals surface area contributed by atoms with Gasteiger partial charge in [-0.15, -0.1) is 0 Å². The second-order valence-electron chi connectivity index (χ2n) is 6.99. The average molecular weight is 362 g/mol. The Bertz CT molecular complexity index is 1050. The van der Waals surface area contributed by atoms with Gasteiger partial charge in [0.1, 0.15) is 5.56 Å². The van der Waals surface area contributed by atoms with Crippen molar-refractivity contribution in [1.82, 2.24) is 9.13 Å². The zero-order chi connectivity index (χ0) is 18.8. The maximum atomic E-state index is 13.3. The molecule has 138 valence electrons. The third-order valence-corrected chi connectivity index (χ3v) is 5.28. The van der Waals surface area contributed by atoms with E-state index in [1.807, 2.05) is 24.3 Å². The van der Waals surface area contributed by atoms with Crippen LogP contribution in [0.5, 0.6) is 5.88 Å². The van der Waals surface area contributed by atoms with Crippen molar-refractivity contribution in [3.05, 3.63) is 81.5 Å². The monoisotopic (exact) mass is 362 g/mol. The van der Waals surface area contributed by atoms with Gasteiger partial charge in [-0.2, -0.15) is 0 Å².